The molecule has 21 heavy (non-hydrogen) atoms. The van der Waals surface area contributed by atoms with E-state index in [1.54, 1.807) is 4.90 Å². The van der Waals surface area contributed by atoms with Crippen molar-refractivity contribution in [3.63, 3.8) is 0 Å². The van der Waals surface area contributed by atoms with Gasteiger partial charge in [-0.05, 0) is 37.8 Å². The molecule has 1 aliphatic rings. The number of nitrogens with zero attached hydrogens (tertiary/aromatic N) is 2. The summed E-state index contributed by atoms with van der Waals surface area (Å²) in [6.07, 6.45) is 1.98. The zero-order chi connectivity index (χ0) is 15.6. The molecule has 1 amide bonds. The van der Waals surface area contributed by atoms with Gasteiger partial charge in [0.15, 0.2) is 0 Å². The number of anilines is 1. The van der Waals surface area contributed by atoms with E-state index in [0.717, 1.165) is 12.8 Å². The van der Waals surface area contributed by atoms with Gasteiger partial charge in [0.05, 0.1) is 4.92 Å². The Bertz CT molecular complexity index is 561. The van der Waals surface area contributed by atoms with Crippen molar-refractivity contribution in [3.05, 3.63) is 33.9 Å². The van der Waals surface area contributed by atoms with Crippen LogP contribution in [0.2, 0.25) is 0 Å². The van der Waals surface area contributed by atoms with Crippen molar-refractivity contribution in [3.8, 4) is 0 Å². The minimum absolute atomic E-state index is 0.0698. The van der Waals surface area contributed by atoms with Crippen LogP contribution in [0, 0.1) is 16.0 Å². The van der Waals surface area contributed by atoms with Crippen LogP contribution in [0.4, 0.5) is 11.4 Å². The first-order valence-electron chi connectivity index (χ1n) is 7.01. The van der Waals surface area contributed by atoms with Crippen molar-refractivity contribution in [2.45, 2.75) is 32.7 Å². The molecule has 2 atom stereocenters. The largest absolute Gasteiger partial charge is 0.335 e. The van der Waals surface area contributed by atoms with Gasteiger partial charge in [0.25, 0.3) is 11.6 Å². The molecule has 1 saturated heterocycles. The fourth-order valence-corrected chi connectivity index (χ4v) is 2.73. The molecule has 0 aliphatic carbocycles. The highest BCUT2D eigenvalue weighted by Crippen LogP contribution is 2.29. The molecule has 7 heteroatoms. The van der Waals surface area contributed by atoms with E-state index >= 15 is 0 Å². The topological polar surface area (TPSA) is 102 Å². The fraction of sp³-hybridized carbons (Fsp3) is 0.500. The summed E-state index contributed by atoms with van der Waals surface area (Å²) in [6.45, 7) is 4.71. The van der Waals surface area contributed by atoms with Crippen molar-refractivity contribution >= 4 is 17.3 Å². The third-order valence-electron chi connectivity index (χ3n) is 4.22. The number of nitro groups is 1. The van der Waals surface area contributed by atoms with Gasteiger partial charge < -0.3 is 10.3 Å². The predicted octanol–water partition coefficient (Wildman–Crippen LogP) is 2.14. The summed E-state index contributed by atoms with van der Waals surface area (Å²) in [5, 5.41) is 11.1. The zero-order valence-electron chi connectivity index (χ0n) is 12.2. The maximum atomic E-state index is 12.7. The number of piperidine rings is 1. The highest BCUT2D eigenvalue weighted by Gasteiger charge is 2.32. The van der Waals surface area contributed by atoms with Crippen molar-refractivity contribution in [1.82, 2.24) is 4.90 Å². The number of hydrogen-bond acceptors (Lipinski definition) is 5. The predicted molar refractivity (Wildman–Crippen MR) is 79.8 cm³/mol. The molecule has 1 aliphatic heterocycles. The number of hydrazine groups is 1. The fourth-order valence-electron chi connectivity index (χ4n) is 2.73. The lowest BCUT2D eigenvalue weighted by Gasteiger charge is -2.37. The summed E-state index contributed by atoms with van der Waals surface area (Å²) in [6, 6.07) is 4.30. The minimum atomic E-state index is -0.536. The van der Waals surface area contributed by atoms with E-state index < -0.39 is 4.92 Å². The number of benzene rings is 1. The van der Waals surface area contributed by atoms with Crippen molar-refractivity contribution in [1.29, 1.82) is 0 Å². The van der Waals surface area contributed by atoms with E-state index in [9.17, 15) is 14.9 Å². The van der Waals surface area contributed by atoms with Gasteiger partial charge in [0, 0.05) is 24.3 Å². The first kappa shape index (κ1) is 15.2. The number of amides is 1. The lowest BCUT2D eigenvalue weighted by atomic mass is 9.91. The van der Waals surface area contributed by atoms with E-state index in [1.807, 2.05) is 6.92 Å². The van der Waals surface area contributed by atoms with E-state index in [1.165, 1.54) is 18.2 Å². The number of rotatable bonds is 3. The van der Waals surface area contributed by atoms with Gasteiger partial charge in [-0.2, -0.15) is 0 Å². The summed E-state index contributed by atoms with van der Waals surface area (Å²) >= 11 is 0. The number of nitro benzene ring substituents is 1. The van der Waals surface area contributed by atoms with Gasteiger partial charge in [-0.15, -0.1) is 0 Å². The monoisotopic (exact) mass is 292 g/mol. The Hall–Kier alpha value is -2.15. The SMILES string of the molecule is CC1CCCN(C(=O)c2cc(NN)ccc2[N+](=O)[O-])C1C. The molecule has 7 nitrogen and oxygen atoms in total. The molecule has 0 radical (unpaired) electrons. The summed E-state index contributed by atoms with van der Waals surface area (Å²) < 4.78 is 0. The van der Waals surface area contributed by atoms with Crippen LogP contribution >= 0.6 is 0 Å². The Morgan fingerprint density at radius 3 is 2.81 bits per heavy atom. The van der Waals surface area contributed by atoms with Gasteiger partial charge in [0.1, 0.15) is 5.56 Å². The molecular formula is C14H20N4O3. The molecule has 1 aromatic rings. The Balaban J connectivity index is 2.39. The van der Waals surface area contributed by atoms with E-state index in [4.69, 9.17) is 5.84 Å². The smallest absolute Gasteiger partial charge is 0.282 e. The lowest BCUT2D eigenvalue weighted by molar-refractivity contribution is -0.385. The molecule has 0 saturated carbocycles. The molecule has 0 aromatic heterocycles. The maximum absolute atomic E-state index is 12.7. The summed E-state index contributed by atoms with van der Waals surface area (Å²) in [7, 11) is 0. The number of nitrogens with two attached hydrogens (primary N) is 1. The second-order valence-electron chi connectivity index (χ2n) is 5.49. The van der Waals surface area contributed by atoms with Crippen LogP contribution in [0.1, 0.15) is 37.0 Å². The summed E-state index contributed by atoms with van der Waals surface area (Å²) in [5.74, 6) is 5.41. The van der Waals surface area contributed by atoms with Crippen LogP contribution in [-0.2, 0) is 0 Å². The second kappa shape index (κ2) is 6.09. The number of carbonyl (C=O) groups excluding carboxylic acids is 1. The van der Waals surface area contributed by atoms with E-state index in [0.29, 0.717) is 18.2 Å². The summed E-state index contributed by atoms with van der Waals surface area (Å²) in [4.78, 5) is 25.0. The first-order chi connectivity index (χ1) is 9.95. The molecule has 1 fully saturated rings. The lowest BCUT2D eigenvalue weighted by Crippen LogP contribution is -2.46. The van der Waals surface area contributed by atoms with Crippen LogP contribution in [0.25, 0.3) is 0 Å². The zero-order valence-corrected chi connectivity index (χ0v) is 12.2. The van der Waals surface area contributed by atoms with Gasteiger partial charge >= 0.3 is 0 Å². The number of carbonyl (C=O) groups is 1. The van der Waals surface area contributed by atoms with Crippen molar-refractivity contribution in [2.24, 2.45) is 11.8 Å². The quantitative estimate of drug-likeness (QED) is 0.505. The third kappa shape index (κ3) is 2.97. The molecular weight excluding hydrogens is 272 g/mol. The van der Waals surface area contributed by atoms with Crippen molar-refractivity contribution in [2.75, 3.05) is 12.0 Å². The average molecular weight is 292 g/mol. The number of hydrogen-bond donors (Lipinski definition) is 2. The maximum Gasteiger partial charge on any atom is 0.282 e. The Kier molecular flexibility index (Phi) is 4.42. The minimum Gasteiger partial charge on any atom is -0.335 e. The van der Waals surface area contributed by atoms with Crippen LogP contribution in [0.5, 0.6) is 0 Å². The molecule has 2 rings (SSSR count). The van der Waals surface area contributed by atoms with Crippen LogP contribution in [0.3, 0.4) is 0 Å². The van der Waals surface area contributed by atoms with Gasteiger partial charge in [0.2, 0.25) is 0 Å². The molecule has 2 unspecified atom stereocenters. The standard InChI is InChI=1S/C14H20N4O3/c1-9-4-3-7-17(10(9)2)14(19)12-8-11(16-15)5-6-13(12)18(20)21/h5-6,8-10,16H,3-4,7,15H2,1-2H3. The number of likely N-dealkylation sites (tertiary alicyclic amines) is 1. The molecule has 0 spiro atoms. The van der Waals surface area contributed by atoms with Crippen LogP contribution in [0.15, 0.2) is 18.2 Å². The molecule has 0 bridgehead atoms. The van der Waals surface area contributed by atoms with Crippen LogP contribution < -0.4 is 11.3 Å². The van der Waals surface area contributed by atoms with Gasteiger partial charge in [-0.1, -0.05) is 6.92 Å². The van der Waals surface area contributed by atoms with Crippen molar-refractivity contribution < 1.29 is 9.72 Å². The molecule has 3 N–H and O–H groups in total. The Morgan fingerprint density at radius 1 is 1.48 bits per heavy atom. The highest BCUT2D eigenvalue weighted by molar-refractivity contribution is 5.99. The highest BCUT2D eigenvalue weighted by atomic mass is 16.6. The van der Waals surface area contributed by atoms with E-state index in [2.05, 4.69) is 12.3 Å². The summed E-state index contributed by atoms with van der Waals surface area (Å²) in [5.41, 5.74) is 2.78. The van der Waals surface area contributed by atoms with Gasteiger partial charge in [-0.3, -0.25) is 20.8 Å². The Labute approximate surface area is 123 Å². The third-order valence-corrected chi connectivity index (χ3v) is 4.22. The van der Waals surface area contributed by atoms with Gasteiger partial charge in [-0.25, -0.2) is 0 Å². The number of nitrogens with one attached hydrogen (secondary N) is 1. The Morgan fingerprint density at radius 2 is 2.19 bits per heavy atom. The number of nitrogen functional groups attached to an aromatic ring is 1. The molecule has 1 aromatic carbocycles. The first-order valence-corrected chi connectivity index (χ1v) is 7.01. The van der Waals surface area contributed by atoms with Crippen LogP contribution in [-0.4, -0.2) is 28.3 Å². The average Bonchev–Trinajstić information content (AvgIpc) is 2.48. The second-order valence-corrected chi connectivity index (χ2v) is 5.49. The van der Waals surface area contributed by atoms with E-state index in [-0.39, 0.29) is 23.2 Å². The molecule has 114 valence electrons. The normalized spacial score (nSPS) is 22.0. The molecule has 1 heterocycles.